The van der Waals surface area contributed by atoms with Crippen LogP contribution >= 0.6 is 0 Å². The minimum atomic E-state index is -3.66. The molecule has 1 aliphatic heterocycles. The standard InChI is InChI=1S/C16H25FN2O3S/c1-12(2)10-19-6-7-22-15(11-19)9-18-23(20,21)16-5-4-14(17)8-13(16)3/h4-5,8,12,15,18H,6-7,9-11H2,1-3H3. The summed E-state index contributed by atoms with van der Waals surface area (Å²) in [5, 5.41) is 0. The lowest BCUT2D eigenvalue weighted by Gasteiger charge is -2.33. The molecular formula is C16H25FN2O3S. The molecule has 0 aliphatic carbocycles. The molecule has 5 nitrogen and oxygen atoms in total. The number of nitrogens with one attached hydrogen (secondary N) is 1. The summed E-state index contributed by atoms with van der Waals surface area (Å²) in [5.41, 5.74) is 0.392. The van der Waals surface area contributed by atoms with Crippen LogP contribution in [0.15, 0.2) is 23.1 Å². The highest BCUT2D eigenvalue weighted by atomic mass is 32.2. The van der Waals surface area contributed by atoms with E-state index >= 15 is 0 Å². The van der Waals surface area contributed by atoms with E-state index < -0.39 is 15.8 Å². The predicted octanol–water partition coefficient (Wildman–Crippen LogP) is 1.77. The summed E-state index contributed by atoms with van der Waals surface area (Å²) in [6, 6.07) is 3.67. The van der Waals surface area contributed by atoms with Crippen LogP contribution in [-0.2, 0) is 14.8 Å². The van der Waals surface area contributed by atoms with Crippen LogP contribution in [0.25, 0.3) is 0 Å². The van der Waals surface area contributed by atoms with Gasteiger partial charge in [-0.2, -0.15) is 0 Å². The molecule has 1 aromatic rings. The Balaban J connectivity index is 1.96. The first-order valence-electron chi connectivity index (χ1n) is 7.87. The first kappa shape index (κ1) is 18.3. The molecule has 1 unspecified atom stereocenters. The summed E-state index contributed by atoms with van der Waals surface area (Å²) in [6.45, 7) is 9.28. The van der Waals surface area contributed by atoms with Crippen molar-refractivity contribution in [2.45, 2.75) is 31.8 Å². The Kier molecular flexibility index (Phi) is 6.13. The number of morpholine rings is 1. The van der Waals surface area contributed by atoms with Crippen LogP contribution in [0.5, 0.6) is 0 Å². The van der Waals surface area contributed by atoms with Crippen molar-refractivity contribution in [2.75, 3.05) is 32.8 Å². The van der Waals surface area contributed by atoms with E-state index in [1.54, 1.807) is 6.92 Å². The van der Waals surface area contributed by atoms with Gasteiger partial charge in [0, 0.05) is 26.2 Å². The zero-order valence-electron chi connectivity index (χ0n) is 13.9. The SMILES string of the molecule is Cc1cc(F)ccc1S(=O)(=O)NCC1CN(CC(C)C)CCO1. The van der Waals surface area contributed by atoms with Crippen molar-refractivity contribution >= 4 is 10.0 Å². The molecular weight excluding hydrogens is 319 g/mol. The van der Waals surface area contributed by atoms with Gasteiger partial charge in [0.25, 0.3) is 0 Å². The minimum Gasteiger partial charge on any atom is -0.374 e. The van der Waals surface area contributed by atoms with Crippen molar-refractivity contribution in [3.63, 3.8) is 0 Å². The van der Waals surface area contributed by atoms with Gasteiger partial charge >= 0.3 is 0 Å². The largest absolute Gasteiger partial charge is 0.374 e. The maximum atomic E-state index is 13.1. The number of hydrogen-bond donors (Lipinski definition) is 1. The summed E-state index contributed by atoms with van der Waals surface area (Å²) in [7, 11) is -3.66. The molecule has 1 aromatic carbocycles. The fourth-order valence-corrected chi connectivity index (χ4v) is 4.07. The zero-order valence-corrected chi connectivity index (χ0v) is 14.7. The third-order valence-corrected chi connectivity index (χ3v) is 5.36. The second kappa shape index (κ2) is 7.70. The number of sulfonamides is 1. The highest BCUT2D eigenvalue weighted by Gasteiger charge is 2.24. The number of nitrogens with zero attached hydrogens (tertiary/aromatic N) is 1. The summed E-state index contributed by atoms with van der Waals surface area (Å²) in [6.07, 6.45) is -0.168. The van der Waals surface area contributed by atoms with Crippen molar-refractivity contribution in [2.24, 2.45) is 5.92 Å². The zero-order chi connectivity index (χ0) is 17.0. The second-order valence-corrected chi connectivity index (χ2v) is 8.14. The van der Waals surface area contributed by atoms with E-state index in [0.29, 0.717) is 24.6 Å². The highest BCUT2D eigenvalue weighted by Crippen LogP contribution is 2.16. The van der Waals surface area contributed by atoms with Gasteiger partial charge in [0.05, 0.1) is 17.6 Å². The number of aryl methyl sites for hydroxylation is 1. The molecule has 1 aliphatic rings. The maximum absolute atomic E-state index is 13.1. The van der Waals surface area contributed by atoms with Crippen molar-refractivity contribution in [3.05, 3.63) is 29.6 Å². The van der Waals surface area contributed by atoms with E-state index in [9.17, 15) is 12.8 Å². The lowest BCUT2D eigenvalue weighted by molar-refractivity contribution is -0.0280. The van der Waals surface area contributed by atoms with Gasteiger partial charge in [-0.3, -0.25) is 4.90 Å². The Hall–Kier alpha value is -1.02. The van der Waals surface area contributed by atoms with Gasteiger partial charge in [-0.15, -0.1) is 0 Å². The fraction of sp³-hybridized carbons (Fsp3) is 0.625. The molecule has 1 atom stereocenters. The van der Waals surface area contributed by atoms with Crippen LogP contribution in [-0.4, -0.2) is 52.2 Å². The first-order valence-corrected chi connectivity index (χ1v) is 9.36. The number of hydrogen-bond acceptors (Lipinski definition) is 4. The smallest absolute Gasteiger partial charge is 0.240 e. The van der Waals surface area contributed by atoms with Crippen LogP contribution in [0.1, 0.15) is 19.4 Å². The predicted molar refractivity (Wildman–Crippen MR) is 87.3 cm³/mol. The van der Waals surface area contributed by atoms with Crippen LogP contribution in [0.2, 0.25) is 0 Å². The van der Waals surface area contributed by atoms with E-state index in [4.69, 9.17) is 4.74 Å². The van der Waals surface area contributed by atoms with Gasteiger partial charge < -0.3 is 4.74 Å². The Bertz CT molecular complexity index is 634. The molecule has 7 heteroatoms. The average molecular weight is 344 g/mol. The Morgan fingerprint density at radius 1 is 1.43 bits per heavy atom. The van der Waals surface area contributed by atoms with Gasteiger partial charge in [0.2, 0.25) is 10.0 Å². The molecule has 0 saturated carbocycles. The summed E-state index contributed by atoms with van der Waals surface area (Å²) in [4.78, 5) is 2.39. The van der Waals surface area contributed by atoms with E-state index in [2.05, 4.69) is 23.5 Å². The van der Waals surface area contributed by atoms with E-state index in [1.165, 1.54) is 12.1 Å². The van der Waals surface area contributed by atoms with Crippen molar-refractivity contribution < 1.29 is 17.5 Å². The van der Waals surface area contributed by atoms with Gasteiger partial charge in [-0.05, 0) is 36.6 Å². The van der Waals surface area contributed by atoms with Crippen LogP contribution in [0, 0.1) is 18.7 Å². The maximum Gasteiger partial charge on any atom is 0.240 e. The van der Waals surface area contributed by atoms with E-state index in [0.717, 1.165) is 19.2 Å². The molecule has 23 heavy (non-hydrogen) atoms. The van der Waals surface area contributed by atoms with Crippen LogP contribution < -0.4 is 4.72 Å². The minimum absolute atomic E-state index is 0.105. The lowest BCUT2D eigenvalue weighted by Crippen LogP contribution is -2.48. The fourth-order valence-electron chi connectivity index (χ4n) is 2.78. The molecule has 0 radical (unpaired) electrons. The molecule has 0 aromatic heterocycles. The quantitative estimate of drug-likeness (QED) is 0.854. The first-order chi connectivity index (χ1) is 10.8. The van der Waals surface area contributed by atoms with Crippen molar-refractivity contribution in [3.8, 4) is 0 Å². The second-order valence-electron chi connectivity index (χ2n) is 6.41. The number of benzene rings is 1. The molecule has 0 bridgehead atoms. The molecule has 0 amide bonds. The van der Waals surface area contributed by atoms with Crippen molar-refractivity contribution in [1.82, 2.24) is 9.62 Å². The Morgan fingerprint density at radius 3 is 2.83 bits per heavy atom. The van der Waals surface area contributed by atoms with Crippen molar-refractivity contribution in [1.29, 1.82) is 0 Å². The molecule has 130 valence electrons. The topological polar surface area (TPSA) is 58.6 Å². The third kappa shape index (κ3) is 5.24. The average Bonchev–Trinajstić information content (AvgIpc) is 2.44. The lowest BCUT2D eigenvalue weighted by atomic mass is 10.2. The van der Waals surface area contributed by atoms with E-state index in [-0.39, 0.29) is 17.5 Å². The Morgan fingerprint density at radius 2 is 2.17 bits per heavy atom. The Labute approximate surface area is 137 Å². The number of halogens is 1. The van der Waals surface area contributed by atoms with Gasteiger partial charge in [0.15, 0.2) is 0 Å². The van der Waals surface area contributed by atoms with E-state index in [1.807, 2.05) is 0 Å². The molecule has 1 heterocycles. The summed E-state index contributed by atoms with van der Waals surface area (Å²) in [5.74, 6) is 0.119. The molecule has 0 spiro atoms. The van der Waals surface area contributed by atoms with Gasteiger partial charge in [-0.25, -0.2) is 17.5 Å². The van der Waals surface area contributed by atoms with Crippen LogP contribution in [0.4, 0.5) is 4.39 Å². The molecule has 2 rings (SSSR count). The van der Waals surface area contributed by atoms with Gasteiger partial charge in [0.1, 0.15) is 5.82 Å². The molecule has 1 fully saturated rings. The number of rotatable bonds is 6. The highest BCUT2D eigenvalue weighted by molar-refractivity contribution is 7.89. The normalized spacial score (nSPS) is 20.1. The summed E-state index contributed by atoms with van der Waals surface area (Å²) >= 11 is 0. The monoisotopic (exact) mass is 344 g/mol. The molecule has 1 N–H and O–H groups in total. The summed E-state index contributed by atoms with van der Waals surface area (Å²) < 4.78 is 46.1. The molecule has 1 saturated heterocycles. The third-order valence-electron chi connectivity index (χ3n) is 3.77. The number of ether oxygens (including phenoxy) is 1. The van der Waals surface area contributed by atoms with Gasteiger partial charge in [-0.1, -0.05) is 13.8 Å². The van der Waals surface area contributed by atoms with Crippen LogP contribution in [0.3, 0.4) is 0 Å².